The average Bonchev–Trinajstić information content (AvgIpc) is 2.68. The van der Waals surface area contributed by atoms with Crippen molar-refractivity contribution in [1.82, 2.24) is 19.6 Å². The van der Waals surface area contributed by atoms with E-state index in [2.05, 4.69) is 39.5 Å². The van der Waals surface area contributed by atoms with Crippen LogP contribution in [0.3, 0.4) is 0 Å². The van der Waals surface area contributed by atoms with E-state index in [1.165, 1.54) is 21.7 Å². The summed E-state index contributed by atoms with van der Waals surface area (Å²) in [4.78, 5) is 31.6. The van der Waals surface area contributed by atoms with Gasteiger partial charge in [-0.1, -0.05) is 30.3 Å². The highest BCUT2D eigenvalue weighted by molar-refractivity contribution is 5.93. The number of aromatic nitrogens is 2. The molecule has 1 aromatic carbocycles. The molecule has 3 aromatic rings. The molecular formula is C21H22N4O2. The summed E-state index contributed by atoms with van der Waals surface area (Å²) in [7, 11) is 0. The maximum Gasteiger partial charge on any atom is 0.270 e. The van der Waals surface area contributed by atoms with Crippen LogP contribution in [0.15, 0.2) is 59.7 Å². The lowest BCUT2D eigenvalue weighted by Gasteiger charge is -2.31. The summed E-state index contributed by atoms with van der Waals surface area (Å²) in [5.74, 6) is -0.379. The van der Waals surface area contributed by atoms with Gasteiger partial charge in [0.1, 0.15) is 11.2 Å². The van der Waals surface area contributed by atoms with Gasteiger partial charge in [0.2, 0.25) is 0 Å². The van der Waals surface area contributed by atoms with Gasteiger partial charge in [0.15, 0.2) is 0 Å². The van der Waals surface area contributed by atoms with E-state index in [0.717, 1.165) is 26.1 Å². The van der Waals surface area contributed by atoms with E-state index in [1.807, 2.05) is 6.92 Å². The summed E-state index contributed by atoms with van der Waals surface area (Å²) in [6, 6.07) is 13.7. The number of nitrogens with one attached hydrogen (secondary N) is 1. The van der Waals surface area contributed by atoms with Crippen LogP contribution in [0.25, 0.3) is 5.65 Å². The molecule has 2 aromatic heterocycles. The summed E-state index contributed by atoms with van der Waals surface area (Å²) in [5.41, 5.74) is 2.99. The molecule has 1 atom stereocenters. The third kappa shape index (κ3) is 3.61. The van der Waals surface area contributed by atoms with E-state index >= 15 is 0 Å². The zero-order chi connectivity index (χ0) is 18.8. The molecule has 27 heavy (non-hydrogen) atoms. The summed E-state index contributed by atoms with van der Waals surface area (Å²) in [5, 5.41) is 2.94. The number of carbonyl (C=O) groups excluding carboxylic acids is 1. The van der Waals surface area contributed by atoms with Crippen LogP contribution in [0.5, 0.6) is 0 Å². The molecule has 138 valence electrons. The predicted octanol–water partition coefficient (Wildman–Crippen LogP) is 1.87. The summed E-state index contributed by atoms with van der Waals surface area (Å²) >= 11 is 0. The number of benzene rings is 1. The Morgan fingerprint density at radius 1 is 1.19 bits per heavy atom. The molecule has 6 heteroatoms. The van der Waals surface area contributed by atoms with Crippen LogP contribution in [0.4, 0.5) is 0 Å². The van der Waals surface area contributed by atoms with Crippen molar-refractivity contribution in [3.8, 4) is 0 Å². The second-order valence-electron chi connectivity index (χ2n) is 7.03. The normalized spacial score (nSPS) is 15.3. The van der Waals surface area contributed by atoms with Crippen molar-refractivity contribution in [3.05, 3.63) is 81.9 Å². The van der Waals surface area contributed by atoms with Crippen LogP contribution in [0.1, 0.15) is 28.4 Å². The van der Waals surface area contributed by atoms with Gasteiger partial charge in [0.05, 0.1) is 0 Å². The first-order valence-corrected chi connectivity index (χ1v) is 9.18. The number of rotatable bonds is 4. The second kappa shape index (κ2) is 7.32. The van der Waals surface area contributed by atoms with Crippen molar-refractivity contribution in [2.24, 2.45) is 0 Å². The molecule has 1 N–H and O–H groups in total. The Morgan fingerprint density at radius 2 is 1.96 bits per heavy atom. The SMILES string of the molecule is C[C@H](CN1CCc2ccccc2C1)NC(=O)c1cnc2ccccn2c1=O. The Bertz CT molecular complexity index is 1040. The highest BCUT2D eigenvalue weighted by atomic mass is 16.2. The number of carbonyl (C=O) groups is 1. The Hall–Kier alpha value is -2.99. The molecule has 0 spiro atoms. The molecule has 0 fully saturated rings. The Morgan fingerprint density at radius 3 is 2.81 bits per heavy atom. The lowest BCUT2D eigenvalue weighted by atomic mass is 9.99. The van der Waals surface area contributed by atoms with E-state index in [9.17, 15) is 9.59 Å². The third-order valence-electron chi connectivity index (χ3n) is 4.98. The van der Waals surface area contributed by atoms with E-state index in [1.54, 1.807) is 24.4 Å². The number of nitrogens with zero attached hydrogens (tertiary/aromatic N) is 3. The smallest absolute Gasteiger partial charge is 0.270 e. The monoisotopic (exact) mass is 362 g/mol. The van der Waals surface area contributed by atoms with Gasteiger partial charge in [-0.05, 0) is 36.6 Å². The van der Waals surface area contributed by atoms with E-state index in [-0.39, 0.29) is 23.1 Å². The van der Waals surface area contributed by atoms with Gasteiger partial charge in [-0.15, -0.1) is 0 Å². The number of pyridine rings is 1. The highest BCUT2D eigenvalue weighted by Crippen LogP contribution is 2.18. The first-order chi connectivity index (χ1) is 13.1. The van der Waals surface area contributed by atoms with Crippen molar-refractivity contribution in [2.45, 2.75) is 25.9 Å². The van der Waals surface area contributed by atoms with E-state index in [4.69, 9.17) is 0 Å². The zero-order valence-corrected chi connectivity index (χ0v) is 15.3. The average molecular weight is 362 g/mol. The number of amides is 1. The number of hydrogen-bond donors (Lipinski definition) is 1. The molecule has 1 aliphatic heterocycles. The number of hydrogen-bond acceptors (Lipinski definition) is 4. The summed E-state index contributed by atoms with van der Waals surface area (Å²) in [6.07, 6.45) is 4.00. The van der Waals surface area contributed by atoms with Crippen molar-refractivity contribution >= 4 is 11.6 Å². The van der Waals surface area contributed by atoms with Gasteiger partial charge in [-0.3, -0.25) is 18.9 Å². The first kappa shape index (κ1) is 17.4. The number of fused-ring (bicyclic) bond motifs is 2. The molecule has 0 radical (unpaired) electrons. The van der Waals surface area contributed by atoms with Gasteiger partial charge in [-0.2, -0.15) is 0 Å². The lowest BCUT2D eigenvalue weighted by molar-refractivity contribution is 0.0925. The largest absolute Gasteiger partial charge is 0.348 e. The molecule has 0 saturated heterocycles. The Kier molecular flexibility index (Phi) is 4.73. The van der Waals surface area contributed by atoms with Crippen LogP contribution in [0.2, 0.25) is 0 Å². The van der Waals surface area contributed by atoms with Crippen LogP contribution < -0.4 is 10.9 Å². The minimum atomic E-state index is -0.379. The molecule has 3 heterocycles. The maximum atomic E-state index is 12.6. The van der Waals surface area contributed by atoms with E-state index in [0.29, 0.717) is 5.65 Å². The highest BCUT2D eigenvalue weighted by Gasteiger charge is 2.20. The fourth-order valence-electron chi connectivity index (χ4n) is 3.63. The molecule has 4 rings (SSSR count). The zero-order valence-electron chi connectivity index (χ0n) is 15.3. The molecule has 1 aliphatic rings. The molecule has 6 nitrogen and oxygen atoms in total. The second-order valence-corrected chi connectivity index (χ2v) is 7.03. The topological polar surface area (TPSA) is 66.7 Å². The fourth-order valence-corrected chi connectivity index (χ4v) is 3.63. The van der Waals surface area contributed by atoms with Crippen molar-refractivity contribution in [2.75, 3.05) is 13.1 Å². The van der Waals surface area contributed by atoms with Crippen LogP contribution >= 0.6 is 0 Å². The van der Waals surface area contributed by atoms with Crippen LogP contribution in [-0.2, 0) is 13.0 Å². The Balaban J connectivity index is 1.43. The fraction of sp³-hybridized carbons (Fsp3) is 0.286. The standard InChI is InChI=1S/C21H22N4O2/c1-15(13-24-11-9-16-6-2-3-7-17(16)14-24)23-20(26)18-12-22-19-8-4-5-10-25(19)21(18)27/h2-8,10,12,15H,9,11,13-14H2,1H3,(H,23,26)/t15-/m1/s1. The van der Waals surface area contributed by atoms with Crippen molar-refractivity contribution < 1.29 is 4.79 Å². The van der Waals surface area contributed by atoms with Gasteiger partial charge >= 0.3 is 0 Å². The lowest BCUT2D eigenvalue weighted by Crippen LogP contribution is -2.44. The molecule has 0 saturated carbocycles. The minimum absolute atomic E-state index is 0.0644. The van der Waals surface area contributed by atoms with Crippen LogP contribution in [-0.4, -0.2) is 39.3 Å². The van der Waals surface area contributed by atoms with Gasteiger partial charge < -0.3 is 5.32 Å². The van der Waals surface area contributed by atoms with Crippen LogP contribution in [0, 0.1) is 0 Å². The minimum Gasteiger partial charge on any atom is -0.348 e. The quantitative estimate of drug-likeness (QED) is 0.769. The molecule has 0 unspecified atom stereocenters. The molecule has 1 amide bonds. The van der Waals surface area contributed by atoms with Gasteiger partial charge in [0.25, 0.3) is 11.5 Å². The van der Waals surface area contributed by atoms with Crippen molar-refractivity contribution in [1.29, 1.82) is 0 Å². The van der Waals surface area contributed by atoms with Gasteiger partial charge in [0, 0.05) is 38.1 Å². The third-order valence-corrected chi connectivity index (χ3v) is 4.98. The molecule has 0 bridgehead atoms. The first-order valence-electron chi connectivity index (χ1n) is 9.18. The molecule has 0 aliphatic carbocycles. The predicted molar refractivity (Wildman–Crippen MR) is 104 cm³/mol. The van der Waals surface area contributed by atoms with Crippen molar-refractivity contribution in [3.63, 3.8) is 0 Å². The summed E-state index contributed by atoms with van der Waals surface area (Å²) in [6.45, 7) is 4.56. The van der Waals surface area contributed by atoms with Gasteiger partial charge in [-0.25, -0.2) is 4.98 Å². The Labute approximate surface area is 157 Å². The maximum absolute atomic E-state index is 12.6. The van der Waals surface area contributed by atoms with E-state index < -0.39 is 0 Å². The summed E-state index contributed by atoms with van der Waals surface area (Å²) < 4.78 is 1.39. The molecular weight excluding hydrogens is 340 g/mol.